The summed E-state index contributed by atoms with van der Waals surface area (Å²) in [6.45, 7) is 2.01. The van der Waals surface area contributed by atoms with E-state index in [-0.39, 0.29) is 18.5 Å². The maximum absolute atomic E-state index is 11.2. The molecule has 1 rings (SSSR count). The number of carbonyl (C=O) groups is 2. The smallest absolute Gasteiger partial charge is 0.317 e. The first-order valence-corrected chi connectivity index (χ1v) is 5.50. The molecular formula is C10H19N3O3. The lowest BCUT2D eigenvalue weighted by Gasteiger charge is -2.32. The van der Waals surface area contributed by atoms with Crippen molar-refractivity contribution in [3.63, 3.8) is 0 Å². The van der Waals surface area contributed by atoms with Gasteiger partial charge in [0.05, 0.1) is 13.1 Å². The van der Waals surface area contributed by atoms with Crippen LogP contribution >= 0.6 is 0 Å². The molecule has 1 saturated heterocycles. The Morgan fingerprint density at radius 3 is 2.88 bits per heavy atom. The number of carboxylic acids is 1. The largest absolute Gasteiger partial charge is 0.480 e. The highest BCUT2D eigenvalue weighted by Crippen LogP contribution is 2.09. The van der Waals surface area contributed by atoms with Crippen molar-refractivity contribution < 1.29 is 14.7 Å². The molecule has 1 atom stereocenters. The molecule has 0 spiro atoms. The van der Waals surface area contributed by atoms with Crippen molar-refractivity contribution in [2.24, 2.45) is 0 Å². The van der Waals surface area contributed by atoms with E-state index < -0.39 is 5.97 Å². The summed E-state index contributed by atoms with van der Waals surface area (Å²) in [6.07, 6.45) is 1.96. The van der Waals surface area contributed by atoms with Crippen molar-refractivity contribution in [2.75, 3.05) is 33.2 Å². The SMILES string of the molecule is CNC(=O)CN1CCCC(NCC(=O)O)C1. The van der Waals surface area contributed by atoms with E-state index in [0.29, 0.717) is 6.54 Å². The van der Waals surface area contributed by atoms with Gasteiger partial charge in [-0.3, -0.25) is 14.5 Å². The predicted molar refractivity (Wildman–Crippen MR) is 59.2 cm³/mol. The van der Waals surface area contributed by atoms with E-state index in [1.165, 1.54) is 0 Å². The minimum absolute atomic E-state index is 0.00103. The Morgan fingerprint density at radius 2 is 2.25 bits per heavy atom. The van der Waals surface area contributed by atoms with Crippen molar-refractivity contribution in [2.45, 2.75) is 18.9 Å². The van der Waals surface area contributed by atoms with Gasteiger partial charge in [-0.15, -0.1) is 0 Å². The number of carboxylic acid groups (broad SMARTS) is 1. The normalized spacial score (nSPS) is 21.7. The van der Waals surface area contributed by atoms with Crippen molar-refractivity contribution in [3.8, 4) is 0 Å². The maximum atomic E-state index is 11.2. The molecule has 16 heavy (non-hydrogen) atoms. The number of likely N-dealkylation sites (tertiary alicyclic amines) is 1. The summed E-state index contributed by atoms with van der Waals surface area (Å²) in [5, 5.41) is 14.1. The lowest BCUT2D eigenvalue weighted by molar-refractivity contribution is -0.136. The van der Waals surface area contributed by atoms with Gasteiger partial charge in [0.1, 0.15) is 0 Å². The number of rotatable bonds is 5. The molecule has 1 aliphatic heterocycles. The molecule has 1 aliphatic rings. The molecule has 1 fully saturated rings. The number of piperidine rings is 1. The van der Waals surface area contributed by atoms with Crippen molar-refractivity contribution in [1.82, 2.24) is 15.5 Å². The van der Waals surface area contributed by atoms with Gasteiger partial charge in [-0.1, -0.05) is 0 Å². The van der Waals surface area contributed by atoms with Crippen LogP contribution in [-0.4, -0.2) is 61.2 Å². The first-order valence-electron chi connectivity index (χ1n) is 5.50. The van der Waals surface area contributed by atoms with Gasteiger partial charge in [0.15, 0.2) is 0 Å². The fraction of sp³-hybridized carbons (Fsp3) is 0.800. The van der Waals surface area contributed by atoms with Crippen LogP contribution in [0.1, 0.15) is 12.8 Å². The van der Waals surface area contributed by atoms with E-state index in [1.807, 2.05) is 4.90 Å². The molecule has 6 nitrogen and oxygen atoms in total. The van der Waals surface area contributed by atoms with Crippen LogP contribution in [0.15, 0.2) is 0 Å². The van der Waals surface area contributed by atoms with Crippen LogP contribution in [-0.2, 0) is 9.59 Å². The molecule has 0 aliphatic carbocycles. The zero-order chi connectivity index (χ0) is 12.0. The number of hydrogen-bond donors (Lipinski definition) is 3. The Balaban J connectivity index is 2.29. The summed E-state index contributed by atoms with van der Waals surface area (Å²) in [5.74, 6) is -0.845. The number of likely N-dealkylation sites (N-methyl/N-ethyl adjacent to an activating group) is 1. The summed E-state index contributed by atoms with van der Waals surface area (Å²) >= 11 is 0. The van der Waals surface area contributed by atoms with E-state index in [4.69, 9.17) is 5.11 Å². The molecular weight excluding hydrogens is 210 g/mol. The van der Waals surface area contributed by atoms with Gasteiger partial charge in [-0.2, -0.15) is 0 Å². The van der Waals surface area contributed by atoms with Gasteiger partial charge in [-0.05, 0) is 19.4 Å². The van der Waals surface area contributed by atoms with Gasteiger partial charge >= 0.3 is 5.97 Å². The van der Waals surface area contributed by atoms with Crippen LogP contribution in [0.25, 0.3) is 0 Å². The molecule has 1 unspecified atom stereocenters. The monoisotopic (exact) mass is 229 g/mol. The number of amides is 1. The minimum atomic E-state index is -0.844. The van der Waals surface area contributed by atoms with Crippen molar-refractivity contribution in [3.05, 3.63) is 0 Å². The number of nitrogens with one attached hydrogen (secondary N) is 2. The van der Waals surface area contributed by atoms with Gasteiger partial charge in [0.25, 0.3) is 0 Å². The molecule has 3 N–H and O–H groups in total. The van der Waals surface area contributed by atoms with Crippen LogP contribution in [0.5, 0.6) is 0 Å². The van der Waals surface area contributed by atoms with E-state index in [9.17, 15) is 9.59 Å². The quantitative estimate of drug-likeness (QED) is 0.556. The van der Waals surface area contributed by atoms with Crippen molar-refractivity contribution >= 4 is 11.9 Å². The lowest BCUT2D eigenvalue weighted by Crippen LogP contribution is -2.49. The molecule has 0 saturated carbocycles. The van der Waals surface area contributed by atoms with E-state index in [1.54, 1.807) is 7.05 Å². The topological polar surface area (TPSA) is 81.7 Å². The maximum Gasteiger partial charge on any atom is 0.317 e. The molecule has 92 valence electrons. The Labute approximate surface area is 95.0 Å². The third-order valence-corrected chi connectivity index (χ3v) is 2.69. The third kappa shape index (κ3) is 4.59. The molecule has 0 aromatic rings. The number of carbonyl (C=O) groups excluding carboxylic acids is 1. The van der Waals surface area contributed by atoms with Crippen LogP contribution in [0, 0.1) is 0 Å². The Bertz CT molecular complexity index is 258. The van der Waals surface area contributed by atoms with E-state index in [2.05, 4.69) is 10.6 Å². The highest BCUT2D eigenvalue weighted by Gasteiger charge is 2.21. The molecule has 0 radical (unpaired) electrons. The fourth-order valence-corrected chi connectivity index (χ4v) is 1.88. The Hall–Kier alpha value is -1.14. The molecule has 6 heteroatoms. The Morgan fingerprint density at radius 1 is 1.50 bits per heavy atom. The highest BCUT2D eigenvalue weighted by atomic mass is 16.4. The van der Waals surface area contributed by atoms with Gasteiger partial charge in [0.2, 0.25) is 5.91 Å². The van der Waals surface area contributed by atoms with Crippen LogP contribution in [0.4, 0.5) is 0 Å². The number of nitrogens with zero attached hydrogens (tertiary/aromatic N) is 1. The number of hydrogen-bond acceptors (Lipinski definition) is 4. The predicted octanol–water partition coefficient (Wildman–Crippen LogP) is -1.13. The van der Waals surface area contributed by atoms with E-state index in [0.717, 1.165) is 25.9 Å². The second-order valence-corrected chi connectivity index (χ2v) is 4.02. The highest BCUT2D eigenvalue weighted by molar-refractivity contribution is 5.77. The van der Waals surface area contributed by atoms with Crippen LogP contribution < -0.4 is 10.6 Å². The first-order chi connectivity index (χ1) is 7.61. The molecule has 1 amide bonds. The lowest BCUT2D eigenvalue weighted by atomic mass is 10.1. The molecule has 0 bridgehead atoms. The first kappa shape index (κ1) is 12.9. The average Bonchev–Trinajstić information content (AvgIpc) is 2.26. The molecule has 0 aromatic heterocycles. The molecule has 0 aromatic carbocycles. The third-order valence-electron chi connectivity index (χ3n) is 2.69. The second kappa shape index (κ2) is 6.44. The standard InChI is InChI=1S/C10H19N3O3/c1-11-9(14)7-13-4-2-3-8(6-13)12-5-10(15)16/h8,12H,2-7H2,1H3,(H,11,14)(H,15,16). The summed E-state index contributed by atoms with van der Waals surface area (Å²) in [7, 11) is 1.62. The van der Waals surface area contributed by atoms with Gasteiger partial charge in [0, 0.05) is 19.6 Å². The zero-order valence-corrected chi connectivity index (χ0v) is 9.53. The van der Waals surface area contributed by atoms with Crippen LogP contribution in [0.2, 0.25) is 0 Å². The van der Waals surface area contributed by atoms with Gasteiger partial charge in [-0.25, -0.2) is 0 Å². The zero-order valence-electron chi connectivity index (χ0n) is 9.53. The summed E-state index contributed by atoms with van der Waals surface area (Å²) < 4.78 is 0. The number of aliphatic carboxylic acids is 1. The summed E-state index contributed by atoms with van der Waals surface area (Å²) in [5.41, 5.74) is 0. The van der Waals surface area contributed by atoms with Gasteiger partial charge < -0.3 is 15.7 Å². The second-order valence-electron chi connectivity index (χ2n) is 4.02. The summed E-state index contributed by atoms with van der Waals surface area (Å²) in [4.78, 5) is 23.6. The van der Waals surface area contributed by atoms with Crippen LogP contribution in [0.3, 0.4) is 0 Å². The van der Waals surface area contributed by atoms with Crippen molar-refractivity contribution in [1.29, 1.82) is 0 Å². The summed E-state index contributed by atoms with van der Waals surface area (Å²) in [6, 6.07) is 0.175. The van der Waals surface area contributed by atoms with E-state index >= 15 is 0 Å². The average molecular weight is 229 g/mol. The molecule has 1 heterocycles. The minimum Gasteiger partial charge on any atom is -0.480 e. The Kier molecular flexibility index (Phi) is 5.21. The fourth-order valence-electron chi connectivity index (χ4n) is 1.88.